The van der Waals surface area contributed by atoms with Crippen LogP contribution in [0.1, 0.15) is 52.1 Å². The minimum Gasteiger partial charge on any atom is -0.358 e. The lowest BCUT2D eigenvalue weighted by molar-refractivity contribution is -0.137. The summed E-state index contributed by atoms with van der Waals surface area (Å²) in [6.07, 6.45) is 0.406. The minimum absolute atomic E-state index is 0.243. The van der Waals surface area contributed by atoms with Gasteiger partial charge < -0.3 is 20.5 Å². The topological polar surface area (TPSA) is 77.2 Å². The van der Waals surface area contributed by atoms with Gasteiger partial charge in [-0.3, -0.25) is 9.59 Å². The summed E-state index contributed by atoms with van der Waals surface area (Å²) in [4.78, 5) is 31.5. The first-order chi connectivity index (χ1) is 18.2. The van der Waals surface area contributed by atoms with Gasteiger partial charge in [0.1, 0.15) is 0 Å². The number of hydrogen-bond donors (Lipinski definition) is 3. The van der Waals surface area contributed by atoms with E-state index < -0.39 is 11.7 Å². The van der Waals surface area contributed by atoms with E-state index in [0.29, 0.717) is 40.2 Å². The molecule has 2 aromatic carbocycles. The fourth-order valence-electron chi connectivity index (χ4n) is 5.15. The van der Waals surface area contributed by atoms with Gasteiger partial charge in [-0.15, -0.1) is 0 Å². The first kappa shape index (κ1) is 25.8. The van der Waals surface area contributed by atoms with Crippen LogP contribution in [-0.2, 0) is 11.0 Å². The molecule has 0 radical (unpaired) electrons. The highest BCUT2D eigenvalue weighted by molar-refractivity contribution is 6.36. The van der Waals surface area contributed by atoms with Crippen molar-refractivity contribution in [2.45, 2.75) is 32.4 Å². The van der Waals surface area contributed by atoms with E-state index in [2.05, 4.69) is 20.5 Å². The number of amides is 2. The molecular formula is C29H29F3N4O2. The van der Waals surface area contributed by atoms with Crippen LogP contribution in [0, 0.1) is 6.92 Å². The third kappa shape index (κ3) is 5.38. The van der Waals surface area contributed by atoms with Crippen LogP contribution in [0.5, 0.6) is 0 Å². The number of rotatable bonds is 7. The molecule has 1 fully saturated rings. The van der Waals surface area contributed by atoms with E-state index in [1.807, 2.05) is 6.92 Å². The van der Waals surface area contributed by atoms with Gasteiger partial charge in [0.05, 0.1) is 22.4 Å². The van der Waals surface area contributed by atoms with E-state index in [1.165, 1.54) is 18.9 Å². The molecule has 6 nitrogen and oxygen atoms in total. The molecule has 0 spiro atoms. The molecule has 0 saturated carbocycles. The molecule has 198 valence electrons. The number of aromatic nitrogens is 1. The Labute approximate surface area is 218 Å². The Kier molecular flexibility index (Phi) is 7.12. The number of halogens is 3. The van der Waals surface area contributed by atoms with Crippen molar-refractivity contribution in [3.63, 3.8) is 0 Å². The van der Waals surface area contributed by atoms with E-state index in [0.717, 1.165) is 43.9 Å². The van der Waals surface area contributed by atoms with E-state index in [-0.39, 0.29) is 17.4 Å². The molecule has 3 aromatic rings. The molecule has 2 aliphatic heterocycles. The second-order valence-electron chi connectivity index (χ2n) is 9.76. The van der Waals surface area contributed by atoms with Crippen LogP contribution >= 0.6 is 0 Å². The van der Waals surface area contributed by atoms with Crippen molar-refractivity contribution in [1.29, 1.82) is 0 Å². The normalized spacial score (nSPS) is 16.6. The lowest BCUT2D eigenvalue weighted by Gasteiger charge is -2.14. The third-order valence-electron chi connectivity index (χ3n) is 6.98. The van der Waals surface area contributed by atoms with Gasteiger partial charge in [-0.25, -0.2) is 0 Å². The molecule has 2 amide bonds. The molecule has 1 saturated heterocycles. The first-order valence-corrected chi connectivity index (χ1v) is 12.7. The molecule has 9 heteroatoms. The van der Waals surface area contributed by atoms with Crippen molar-refractivity contribution in [3.05, 3.63) is 76.6 Å². The van der Waals surface area contributed by atoms with Gasteiger partial charge in [0.15, 0.2) is 0 Å². The maximum atomic E-state index is 13.4. The number of benzene rings is 2. The summed E-state index contributed by atoms with van der Waals surface area (Å²) in [7, 11) is 0. The minimum atomic E-state index is -4.49. The number of likely N-dealkylation sites (tertiary alicyclic amines) is 1. The number of alkyl halides is 3. The predicted octanol–water partition coefficient (Wildman–Crippen LogP) is 5.72. The largest absolute Gasteiger partial charge is 0.416 e. The maximum Gasteiger partial charge on any atom is 0.416 e. The number of nitrogens with zero attached hydrogens (tertiary/aromatic N) is 1. The molecule has 0 unspecified atom stereocenters. The number of nitrogens with one attached hydrogen (secondary N) is 3. The smallest absolute Gasteiger partial charge is 0.358 e. The van der Waals surface area contributed by atoms with Crippen molar-refractivity contribution in [2.24, 2.45) is 0 Å². The quantitative estimate of drug-likeness (QED) is 0.275. The number of H-pyrrole nitrogens is 1. The van der Waals surface area contributed by atoms with E-state index in [4.69, 9.17) is 0 Å². The van der Waals surface area contributed by atoms with Crippen LogP contribution in [0.25, 0.3) is 22.8 Å². The maximum absolute atomic E-state index is 13.4. The molecule has 0 aliphatic carbocycles. The standard InChI is InChI=1S/C29H29F3N4O2/c1-18-15-22(27(37)33-11-6-14-36-12-2-3-13-36)25(34-18)17-23-26-21(9-5-10-24(26)35-28(23)38)19-7-4-8-20(16-19)29(30,31)32/h4-5,7-10,15-17,34H,2-3,6,11-14H2,1H3,(H,33,37)(H,35,38)/b23-17-. The van der Waals surface area contributed by atoms with E-state index in [9.17, 15) is 22.8 Å². The highest BCUT2D eigenvalue weighted by Crippen LogP contribution is 2.42. The van der Waals surface area contributed by atoms with Crippen molar-refractivity contribution in [2.75, 3.05) is 31.5 Å². The Morgan fingerprint density at radius 3 is 2.63 bits per heavy atom. The number of anilines is 1. The van der Waals surface area contributed by atoms with Gasteiger partial charge in [0, 0.05) is 23.5 Å². The highest BCUT2D eigenvalue weighted by Gasteiger charge is 2.32. The average Bonchev–Trinajstić information content (AvgIpc) is 3.61. The van der Waals surface area contributed by atoms with E-state index in [1.54, 1.807) is 36.4 Å². The molecular weight excluding hydrogens is 493 g/mol. The van der Waals surface area contributed by atoms with Crippen LogP contribution in [0.15, 0.2) is 48.5 Å². The molecule has 1 aromatic heterocycles. The summed E-state index contributed by atoms with van der Waals surface area (Å²) in [5.41, 5.74) is 2.99. The Bertz CT molecular complexity index is 1400. The second-order valence-corrected chi connectivity index (χ2v) is 9.76. The zero-order chi connectivity index (χ0) is 26.9. The van der Waals surface area contributed by atoms with Crippen molar-refractivity contribution < 1.29 is 22.8 Å². The Hall–Kier alpha value is -3.85. The van der Waals surface area contributed by atoms with Gasteiger partial charge in [-0.05, 0) is 87.3 Å². The van der Waals surface area contributed by atoms with Crippen LogP contribution < -0.4 is 10.6 Å². The number of carbonyl (C=O) groups excluding carboxylic acids is 2. The van der Waals surface area contributed by atoms with Gasteiger partial charge in [-0.2, -0.15) is 13.2 Å². The lowest BCUT2D eigenvalue weighted by atomic mass is 9.93. The summed E-state index contributed by atoms with van der Waals surface area (Å²) >= 11 is 0. The predicted molar refractivity (Wildman–Crippen MR) is 142 cm³/mol. The van der Waals surface area contributed by atoms with Crippen molar-refractivity contribution in [1.82, 2.24) is 15.2 Å². The molecule has 0 bridgehead atoms. The monoisotopic (exact) mass is 522 g/mol. The third-order valence-corrected chi connectivity index (χ3v) is 6.98. The summed E-state index contributed by atoms with van der Waals surface area (Å²) < 4.78 is 40.1. The molecule has 3 N–H and O–H groups in total. The molecule has 0 atom stereocenters. The first-order valence-electron chi connectivity index (χ1n) is 12.7. The highest BCUT2D eigenvalue weighted by atomic mass is 19.4. The van der Waals surface area contributed by atoms with E-state index >= 15 is 0 Å². The van der Waals surface area contributed by atoms with Crippen LogP contribution in [0.2, 0.25) is 0 Å². The van der Waals surface area contributed by atoms with Crippen LogP contribution in [0.4, 0.5) is 18.9 Å². The van der Waals surface area contributed by atoms with Crippen molar-refractivity contribution in [3.8, 4) is 11.1 Å². The number of fused-ring (bicyclic) bond motifs is 1. The number of aromatic amines is 1. The molecule has 38 heavy (non-hydrogen) atoms. The number of hydrogen-bond acceptors (Lipinski definition) is 3. The van der Waals surface area contributed by atoms with Gasteiger partial charge in [0.25, 0.3) is 11.8 Å². The fraction of sp³-hybridized carbons (Fsp3) is 0.310. The van der Waals surface area contributed by atoms with Gasteiger partial charge >= 0.3 is 6.18 Å². The average molecular weight is 523 g/mol. The Morgan fingerprint density at radius 2 is 1.87 bits per heavy atom. The summed E-state index contributed by atoms with van der Waals surface area (Å²) in [5, 5.41) is 5.77. The zero-order valence-electron chi connectivity index (χ0n) is 21.0. The Morgan fingerprint density at radius 1 is 1.11 bits per heavy atom. The fourth-order valence-corrected chi connectivity index (χ4v) is 5.15. The van der Waals surface area contributed by atoms with Crippen LogP contribution in [-0.4, -0.2) is 47.9 Å². The molecule has 3 heterocycles. The van der Waals surface area contributed by atoms with Crippen LogP contribution in [0.3, 0.4) is 0 Å². The number of aryl methyl sites for hydroxylation is 1. The van der Waals surface area contributed by atoms with Crippen molar-refractivity contribution >= 4 is 29.2 Å². The second kappa shape index (κ2) is 10.5. The lowest BCUT2D eigenvalue weighted by Crippen LogP contribution is -2.28. The van der Waals surface area contributed by atoms with Gasteiger partial charge in [-0.1, -0.05) is 24.3 Å². The van der Waals surface area contributed by atoms with Gasteiger partial charge in [0.2, 0.25) is 0 Å². The molecule has 2 aliphatic rings. The zero-order valence-corrected chi connectivity index (χ0v) is 21.0. The SMILES string of the molecule is Cc1cc(C(=O)NCCCN2CCCC2)c(/C=C2\C(=O)Nc3cccc(-c4cccc(C(F)(F)F)c4)c32)[nH]1. The summed E-state index contributed by atoms with van der Waals surface area (Å²) in [6.45, 7) is 5.52. The summed E-state index contributed by atoms with van der Waals surface area (Å²) in [5.74, 6) is -0.629. The number of carbonyl (C=O) groups is 2. The molecule has 5 rings (SSSR count). The Balaban J connectivity index is 1.43. The summed E-state index contributed by atoms with van der Waals surface area (Å²) in [6, 6.07) is 11.9.